The third-order valence-corrected chi connectivity index (χ3v) is 19.8. The van der Waals surface area contributed by atoms with E-state index in [1.54, 1.807) is 0 Å². The summed E-state index contributed by atoms with van der Waals surface area (Å²) in [5.41, 5.74) is 37.5. The highest BCUT2D eigenvalue weighted by Gasteiger charge is 2.16. The Morgan fingerprint density at radius 2 is 0.147 bits per heavy atom. The average molecular weight is 1300 g/mol. The van der Waals surface area contributed by atoms with Gasteiger partial charge in [0.05, 0.1) is 0 Å². The Kier molecular flexibility index (Phi) is 17.3. The summed E-state index contributed by atoms with van der Waals surface area (Å²) in [6, 6.07) is 156. The first-order valence-corrected chi connectivity index (χ1v) is 35.1. The molecule has 0 radical (unpaired) electrons. The van der Waals surface area contributed by atoms with Crippen molar-refractivity contribution in [3.05, 3.63) is 425 Å². The van der Waals surface area contributed by atoms with Crippen molar-refractivity contribution in [1.29, 1.82) is 0 Å². The molecule has 0 bridgehead atoms. The first-order valence-electron chi connectivity index (χ1n) is 35.1. The molecule has 478 valence electrons. The summed E-state index contributed by atoms with van der Waals surface area (Å²) in [5, 5.41) is 0. The molecule has 0 heteroatoms. The van der Waals surface area contributed by atoms with Crippen LogP contribution in [-0.2, 0) is 0 Å². The maximum Gasteiger partial charge on any atom is -0.0171 e. The topological polar surface area (TPSA) is 0 Å². The smallest absolute Gasteiger partial charge is 0.0171 e. The van der Waals surface area contributed by atoms with Crippen LogP contribution in [0.4, 0.5) is 0 Å². The molecule has 17 rings (SSSR count). The lowest BCUT2D eigenvalue weighted by atomic mass is 9.89. The highest BCUT2D eigenvalue weighted by molar-refractivity contribution is 5.90. The third kappa shape index (κ3) is 13.6. The minimum absolute atomic E-state index is 1.13. The largest absolute Gasteiger partial charge is 0.0622 e. The van der Waals surface area contributed by atoms with Gasteiger partial charge in [-0.1, -0.05) is 334 Å². The van der Waals surface area contributed by atoms with Gasteiger partial charge in [0, 0.05) is 0 Å². The predicted molar refractivity (Wildman–Crippen MR) is 433 cm³/mol. The molecular formula is C102H70. The molecule has 102 heavy (non-hydrogen) atoms. The van der Waals surface area contributed by atoms with Crippen LogP contribution in [0.15, 0.2) is 425 Å². The molecule has 0 saturated heterocycles. The fourth-order valence-electron chi connectivity index (χ4n) is 14.4. The average Bonchev–Trinajstić information content (AvgIpc) is 0.787. The molecule has 0 atom stereocenters. The lowest BCUT2D eigenvalue weighted by molar-refractivity contribution is 1.53. The van der Waals surface area contributed by atoms with Crippen LogP contribution >= 0.6 is 0 Å². The molecule has 0 saturated carbocycles. The van der Waals surface area contributed by atoms with Crippen LogP contribution in [0.3, 0.4) is 0 Å². The van der Waals surface area contributed by atoms with E-state index in [0.29, 0.717) is 0 Å². The van der Waals surface area contributed by atoms with Crippen molar-refractivity contribution in [2.24, 2.45) is 0 Å². The van der Waals surface area contributed by atoms with E-state index in [4.69, 9.17) is 0 Å². The molecule has 17 aromatic rings. The van der Waals surface area contributed by atoms with Gasteiger partial charge >= 0.3 is 0 Å². The van der Waals surface area contributed by atoms with E-state index in [1.807, 2.05) is 0 Å². The Balaban J connectivity index is 0.766. The molecule has 0 nitrogen and oxygen atoms in total. The van der Waals surface area contributed by atoms with Crippen molar-refractivity contribution in [2.45, 2.75) is 0 Å². The first kappa shape index (κ1) is 62.3. The molecule has 0 amide bonds. The van der Waals surface area contributed by atoms with Crippen molar-refractivity contribution < 1.29 is 0 Å². The van der Waals surface area contributed by atoms with Gasteiger partial charge in [0.25, 0.3) is 0 Å². The second kappa shape index (κ2) is 28.3. The Hall–Kier alpha value is -13.3. The predicted octanol–water partition coefficient (Wildman–Crippen LogP) is 28.4. The summed E-state index contributed by atoms with van der Waals surface area (Å²) in [6.07, 6.45) is 0. The van der Waals surface area contributed by atoms with E-state index in [-0.39, 0.29) is 0 Å². The van der Waals surface area contributed by atoms with Crippen LogP contribution in [0.2, 0.25) is 0 Å². The number of hydrogen-bond donors (Lipinski definition) is 0. The highest BCUT2D eigenvalue weighted by atomic mass is 14.2. The summed E-state index contributed by atoms with van der Waals surface area (Å²) in [5.74, 6) is 0. The lowest BCUT2D eigenvalue weighted by Crippen LogP contribution is -1.90. The fraction of sp³-hybridized carbons (Fsp3) is 0. The van der Waals surface area contributed by atoms with Crippen molar-refractivity contribution in [3.8, 4) is 178 Å². The van der Waals surface area contributed by atoms with Crippen molar-refractivity contribution in [2.75, 3.05) is 0 Å². The molecule has 0 heterocycles. The van der Waals surface area contributed by atoms with Crippen LogP contribution < -0.4 is 0 Å². The van der Waals surface area contributed by atoms with E-state index >= 15 is 0 Å². The van der Waals surface area contributed by atoms with Crippen LogP contribution in [0.5, 0.6) is 0 Å². The maximum absolute atomic E-state index is 2.39. The second-order valence-corrected chi connectivity index (χ2v) is 26.4. The van der Waals surface area contributed by atoms with Crippen molar-refractivity contribution in [3.63, 3.8) is 0 Å². The third-order valence-electron chi connectivity index (χ3n) is 19.8. The first-order chi connectivity index (χ1) is 50.5. The normalized spacial score (nSPS) is 11.1. The molecule has 0 fully saturated rings. The monoisotopic (exact) mass is 1290 g/mol. The van der Waals surface area contributed by atoms with Gasteiger partial charge in [0.2, 0.25) is 0 Å². The Labute approximate surface area is 598 Å². The zero-order chi connectivity index (χ0) is 68.0. The zero-order valence-corrected chi connectivity index (χ0v) is 56.4. The Morgan fingerprint density at radius 1 is 0.0588 bits per heavy atom. The zero-order valence-electron chi connectivity index (χ0n) is 56.4. The van der Waals surface area contributed by atoms with Gasteiger partial charge in [0.15, 0.2) is 0 Å². The minimum atomic E-state index is 1.13. The lowest BCUT2D eigenvalue weighted by Gasteiger charge is -2.16. The van der Waals surface area contributed by atoms with E-state index in [1.165, 1.54) is 100 Å². The van der Waals surface area contributed by atoms with Gasteiger partial charge in [-0.05, 0) is 269 Å². The Bertz CT molecular complexity index is 5470. The highest BCUT2D eigenvalue weighted by Crippen LogP contribution is 2.42. The fourth-order valence-corrected chi connectivity index (χ4v) is 14.4. The molecule has 0 aliphatic rings. The summed E-state index contributed by atoms with van der Waals surface area (Å²) < 4.78 is 0. The second-order valence-electron chi connectivity index (χ2n) is 26.4. The standard InChI is InChI=1S/C102H70/c1-5-22-71(23-6-1)75-48-52-77(53-49-75)81-32-15-42-91(58-81)97-65-99(93-44-19-40-89(62-93)87-38-17-36-85(60-87)83-34-13-30-79(56-83)73-26-9-3-10-27-73)69-101(67-97)95-46-21-47-96(64-95)102-68-98(92-43-16-33-82(59-92)78-54-50-76(51-55-78)72-24-7-2-8-25-72)66-100(70-102)94-45-20-41-90(63-94)88-39-18-37-86(61-88)84-35-14-31-80(57-84)74-28-11-4-12-29-74/h1-70H. The Morgan fingerprint density at radius 3 is 0.304 bits per heavy atom. The number of hydrogen-bond acceptors (Lipinski definition) is 0. The maximum atomic E-state index is 2.39. The van der Waals surface area contributed by atoms with E-state index in [0.717, 1.165) is 77.9 Å². The summed E-state index contributed by atoms with van der Waals surface area (Å²) in [4.78, 5) is 0. The SMILES string of the molecule is c1ccc(-c2ccc(-c3cccc(-c4cc(-c5cccc(-c6cccc(-c7cccc(-c8ccccc8)c7)c6)c5)cc(-c5cccc(-c6cc(-c7cccc(-c8ccc(-c9ccccc9)cc8)c7)cc(-c7cccc(-c8cccc(-c9cccc(-c%10ccccc%10)c9)c8)c7)c6)c5)c4)c3)cc2)cc1. The van der Waals surface area contributed by atoms with Gasteiger partial charge in [0.1, 0.15) is 0 Å². The van der Waals surface area contributed by atoms with Crippen LogP contribution in [0, 0.1) is 0 Å². The van der Waals surface area contributed by atoms with Gasteiger partial charge < -0.3 is 0 Å². The van der Waals surface area contributed by atoms with Gasteiger partial charge in [-0.2, -0.15) is 0 Å². The number of benzene rings is 17. The quantitative estimate of drug-likeness (QED) is 0.0904. The van der Waals surface area contributed by atoms with Crippen molar-refractivity contribution in [1.82, 2.24) is 0 Å². The summed E-state index contributed by atoms with van der Waals surface area (Å²) in [7, 11) is 0. The van der Waals surface area contributed by atoms with E-state index in [2.05, 4.69) is 425 Å². The molecule has 17 aromatic carbocycles. The molecule has 0 aliphatic carbocycles. The van der Waals surface area contributed by atoms with Crippen molar-refractivity contribution >= 4 is 0 Å². The van der Waals surface area contributed by atoms with Gasteiger partial charge in [-0.25, -0.2) is 0 Å². The van der Waals surface area contributed by atoms with E-state index < -0.39 is 0 Å². The molecule has 0 spiro atoms. The van der Waals surface area contributed by atoms with Crippen LogP contribution in [0.25, 0.3) is 178 Å². The van der Waals surface area contributed by atoms with Crippen LogP contribution in [0.1, 0.15) is 0 Å². The van der Waals surface area contributed by atoms with Crippen LogP contribution in [-0.4, -0.2) is 0 Å². The number of rotatable bonds is 16. The molecule has 0 N–H and O–H groups in total. The molecule has 0 unspecified atom stereocenters. The van der Waals surface area contributed by atoms with Gasteiger partial charge in [-0.15, -0.1) is 0 Å². The summed E-state index contributed by atoms with van der Waals surface area (Å²) >= 11 is 0. The van der Waals surface area contributed by atoms with Gasteiger partial charge in [-0.3, -0.25) is 0 Å². The molecular weight excluding hydrogens is 1230 g/mol. The molecule has 0 aliphatic heterocycles. The summed E-state index contributed by atoms with van der Waals surface area (Å²) in [6.45, 7) is 0. The molecule has 0 aromatic heterocycles. The minimum Gasteiger partial charge on any atom is -0.0622 e. The van der Waals surface area contributed by atoms with E-state index in [9.17, 15) is 0 Å².